The van der Waals surface area contributed by atoms with E-state index in [0.29, 0.717) is 28.3 Å². The fraction of sp³-hybridized carbons (Fsp3) is 0.250. The second kappa shape index (κ2) is 6.87. The van der Waals surface area contributed by atoms with Crippen molar-refractivity contribution in [3.8, 4) is 5.75 Å². The number of hydrogen-bond donors (Lipinski definition) is 1. The lowest BCUT2D eigenvalue weighted by Gasteiger charge is -2.13. The summed E-state index contributed by atoms with van der Waals surface area (Å²) in [6.07, 6.45) is 0.482. The smallest absolute Gasteiger partial charge is 0.131 e. The number of benzene rings is 2. The van der Waals surface area contributed by atoms with E-state index in [2.05, 4.69) is 0 Å². The standard InChI is InChI=1S/C16H16ClF2NO/c1-10(20)6-12-7-14(18)4-5-16(12)21-9-11-2-3-13(17)8-15(11)19/h2-5,7-8,10H,6,9,20H2,1H3. The van der Waals surface area contributed by atoms with Crippen LogP contribution >= 0.6 is 11.6 Å². The third kappa shape index (κ3) is 4.41. The minimum atomic E-state index is -0.432. The van der Waals surface area contributed by atoms with Gasteiger partial charge in [-0.25, -0.2) is 8.78 Å². The number of nitrogens with two attached hydrogens (primary N) is 1. The summed E-state index contributed by atoms with van der Waals surface area (Å²) < 4.78 is 32.6. The lowest BCUT2D eigenvalue weighted by atomic mass is 10.1. The molecule has 2 aromatic rings. The average Bonchev–Trinajstić information content (AvgIpc) is 2.39. The molecule has 0 aliphatic rings. The summed E-state index contributed by atoms with van der Waals surface area (Å²) in [6.45, 7) is 1.87. The first-order valence-corrected chi connectivity index (χ1v) is 6.94. The second-order valence-electron chi connectivity index (χ2n) is 4.96. The van der Waals surface area contributed by atoms with Crippen molar-refractivity contribution >= 4 is 11.6 Å². The van der Waals surface area contributed by atoms with E-state index in [0.717, 1.165) is 0 Å². The molecule has 0 spiro atoms. The highest BCUT2D eigenvalue weighted by Crippen LogP contribution is 2.23. The van der Waals surface area contributed by atoms with E-state index in [9.17, 15) is 8.78 Å². The van der Waals surface area contributed by atoms with Crippen molar-refractivity contribution in [3.05, 3.63) is 64.2 Å². The van der Waals surface area contributed by atoms with Crippen LogP contribution in [-0.2, 0) is 13.0 Å². The predicted octanol–water partition coefficient (Wildman–Crippen LogP) is 4.09. The zero-order chi connectivity index (χ0) is 15.4. The van der Waals surface area contributed by atoms with Gasteiger partial charge in [0.2, 0.25) is 0 Å². The van der Waals surface area contributed by atoms with Gasteiger partial charge in [-0.2, -0.15) is 0 Å². The minimum absolute atomic E-state index is 0.0422. The van der Waals surface area contributed by atoms with Crippen LogP contribution in [0.1, 0.15) is 18.1 Å². The van der Waals surface area contributed by atoms with Crippen LogP contribution in [-0.4, -0.2) is 6.04 Å². The molecular weight excluding hydrogens is 296 g/mol. The molecule has 2 aromatic carbocycles. The largest absolute Gasteiger partial charge is 0.489 e. The first kappa shape index (κ1) is 15.7. The molecule has 21 heavy (non-hydrogen) atoms. The fourth-order valence-corrected chi connectivity index (χ4v) is 2.15. The normalized spacial score (nSPS) is 12.2. The van der Waals surface area contributed by atoms with E-state index in [1.165, 1.54) is 24.3 Å². The van der Waals surface area contributed by atoms with Crippen molar-refractivity contribution < 1.29 is 13.5 Å². The van der Waals surface area contributed by atoms with Crippen molar-refractivity contribution in [3.63, 3.8) is 0 Å². The van der Waals surface area contributed by atoms with Crippen LogP contribution in [0.2, 0.25) is 5.02 Å². The van der Waals surface area contributed by atoms with Gasteiger partial charge in [-0.1, -0.05) is 17.7 Å². The van der Waals surface area contributed by atoms with Crippen molar-refractivity contribution in [2.24, 2.45) is 5.73 Å². The Labute approximate surface area is 127 Å². The average molecular weight is 312 g/mol. The Hall–Kier alpha value is -1.65. The van der Waals surface area contributed by atoms with E-state index in [4.69, 9.17) is 22.1 Å². The zero-order valence-electron chi connectivity index (χ0n) is 11.6. The fourth-order valence-electron chi connectivity index (χ4n) is 1.99. The Bertz CT molecular complexity index is 632. The van der Waals surface area contributed by atoms with E-state index in [-0.39, 0.29) is 18.5 Å². The molecular formula is C16H16ClF2NO. The van der Waals surface area contributed by atoms with Crippen molar-refractivity contribution in [2.75, 3.05) is 0 Å². The summed E-state index contributed by atoms with van der Waals surface area (Å²) in [4.78, 5) is 0. The van der Waals surface area contributed by atoms with Gasteiger partial charge in [0.05, 0.1) is 0 Å². The molecule has 0 heterocycles. The van der Waals surface area contributed by atoms with E-state index < -0.39 is 5.82 Å². The number of halogens is 3. The van der Waals surface area contributed by atoms with Crippen LogP contribution < -0.4 is 10.5 Å². The topological polar surface area (TPSA) is 35.2 Å². The van der Waals surface area contributed by atoms with Crippen LogP contribution in [0.25, 0.3) is 0 Å². The molecule has 2 N–H and O–H groups in total. The second-order valence-corrected chi connectivity index (χ2v) is 5.39. The van der Waals surface area contributed by atoms with Crippen LogP contribution in [0, 0.1) is 11.6 Å². The molecule has 0 aromatic heterocycles. The molecule has 0 bridgehead atoms. The van der Waals surface area contributed by atoms with Gasteiger partial charge >= 0.3 is 0 Å². The molecule has 0 aliphatic heterocycles. The van der Waals surface area contributed by atoms with Gasteiger partial charge < -0.3 is 10.5 Å². The Morgan fingerprint density at radius 3 is 2.57 bits per heavy atom. The monoisotopic (exact) mass is 311 g/mol. The quantitative estimate of drug-likeness (QED) is 0.902. The molecule has 0 fully saturated rings. The van der Waals surface area contributed by atoms with Gasteiger partial charge in [-0.3, -0.25) is 0 Å². The summed E-state index contributed by atoms with van der Waals surface area (Å²) >= 11 is 5.70. The van der Waals surface area contributed by atoms with Crippen LogP contribution in [0.4, 0.5) is 8.78 Å². The molecule has 0 aliphatic carbocycles. The Kier molecular flexibility index (Phi) is 5.15. The highest BCUT2D eigenvalue weighted by Gasteiger charge is 2.10. The summed E-state index contributed by atoms with van der Waals surface area (Å²) in [6, 6.07) is 8.48. The lowest BCUT2D eigenvalue weighted by Crippen LogP contribution is -2.18. The van der Waals surface area contributed by atoms with Gasteiger partial charge in [-0.15, -0.1) is 0 Å². The molecule has 0 saturated carbocycles. The molecule has 0 saturated heterocycles. The van der Waals surface area contributed by atoms with Gasteiger partial charge in [0, 0.05) is 16.6 Å². The number of ether oxygens (including phenoxy) is 1. The van der Waals surface area contributed by atoms with Crippen molar-refractivity contribution in [1.29, 1.82) is 0 Å². The Balaban J connectivity index is 2.15. The van der Waals surface area contributed by atoms with Gasteiger partial charge in [0.15, 0.2) is 0 Å². The summed E-state index contributed by atoms with van der Waals surface area (Å²) in [5.74, 6) is -0.280. The van der Waals surface area contributed by atoms with Crippen LogP contribution in [0.5, 0.6) is 5.75 Å². The maximum Gasteiger partial charge on any atom is 0.131 e. The first-order chi connectivity index (χ1) is 9.95. The van der Waals surface area contributed by atoms with Gasteiger partial charge in [-0.05, 0) is 49.2 Å². The SMILES string of the molecule is CC(N)Cc1cc(F)ccc1OCc1ccc(Cl)cc1F. The molecule has 0 radical (unpaired) electrons. The summed E-state index contributed by atoms with van der Waals surface area (Å²) in [5, 5.41) is 0.329. The van der Waals surface area contributed by atoms with Gasteiger partial charge in [0.1, 0.15) is 24.0 Å². The van der Waals surface area contributed by atoms with E-state index >= 15 is 0 Å². The summed E-state index contributed by atoms with van der Waals surface area (Å²) in [5.41, 5.74) is 6.79. The lowest BCUT2D eigenvalue weighted by molar-refractivity contribution is 0.295. The highest BCUT2D eigenvalue weighted by molar-refractivity contribution is 6.30. The van der Waals surface area contributed by atoms with Crippen LogP contribution in [0.3, 0.4) is 0 Å². The Morgan fingerprint density at radius 2 is 1.90 bits per heavy atom. The molecule has 1 unspecified atom stereocenters. The summed E-state index contributed by atoms with van der Waals surface area (Å²) in [7, 11) is 0. The molecule has 2 rings (SSSR count). The molecule has 0 amide bonds. The maximum absolute atomic E-state index is 13.7. The van der Waals surface area contributed by atoms with E-state index in [1.807, 2.05) is 6.92 Å². The van der Waals surface area contributed by atoms with Crippen molar-refractivity contribution in [1.82, 2.24) is 0 Å². The highest BCUT2D eigenvalue weighted by atomic mass is 35.5. The molecule has 2 nitrogen and oxygen atoms in total. The minimum Gasteiger partial charge on any atom is -0.489 e. The molecule has 1 atom stereocenters. The number of rotatable bonds is 5. The van der Waals surface area contributed by atoms with Crippen LogP contribution in [0.15, 0.2) is 36.4 Å². The first-order valence-electron chi connectivity index (χ1n) is 6.56. The molecule has 112 valence electrons. The van der Waals surface area contributed by atoms with E-state index in [1.54, 1.807) is 12.1 Å². The molecule has 5 heteroatoms. The maximum atomic E-state index is 13.7. The third-order valence-corrected chi connectivity index (χ3v) is 3.20. The zero-order valence-corrected chi connectivity index (χ0v) is 12.3. The predicted molar refractivity (Wildman–Crippen MR) is 79.5 cm³/mol. The Morgan fingerprint density at radius 1 is 1.14 bits per heavy atom. The third-order valence-electron chi connectivity index (χ3n) is 2.96. The van der Waals surface area contributed by atoms with Crippen molar-refractivity contribution in [2.45, 2.75) is 26.0 Å². The van der Waals surface area contributed by atoms with Gasteiger partial charge in [0.25, 0.3) is 0 Å². The number of hydrogen-bond acceptors (Lipinski definition) is 2.